The molecule has 0 saturated carbocycles. The fraction of sp³-hybridized carbons (Fsp3) is 0.167. The van der Waals surface area contributed by atoms with E-state index in [9.17, 15) is 4.79 Å². The molecule has 0 aliphatic carbocycles. The first-order chi connectivity index (χ1) is 7.24. The van der Waals surface area contributed by atoms with Gasteiger partial charge in [-0.25, -0.2) is 9.79 Å². The van der Waals surface area contributed by atoms with Crippen LogP contribution in [-0.2, 0) is 9.53 Å². The second-order valence-corrected chi connectivity index (χ2v) is 3.17. The van der Waals surface area contributed by atoms with Crippen molar-refractivity contribution >= 4 is 11.5 Å². The molecule has 0 fully saturated rings. The third kappa shape index (κ3) is 1.56. The molecule has 0 unspecified atom stereocenters. The summed E-state index contributed by atoms with van der Waals surface area (Å²) >= 11 is 0. The summed E-state index contributed by atoms with van der Waals surface area (Å²) < 4.78 is 4.96. The Morgan fingerprint density at radius 1 is 1.47 bits per heavy atom. The summed E-state index contributed by atoms with van der Waals surface area (Å²) in [5.74, 6) is -0.351. The van der Waals surface area contributed by atoms with Gasteiger partial charge in [-0.2, -0.15) is 0 Å². The van der Waals surface area contributed by atoms with Gasteiger partial charge in [-0.3, -0.25) is 0 Å². The monoisotopic (exact) mass is 201 g/mol. The van der Waals surface area contributed by atoms with Crippen LogP contribution in [0.25, 0.3) is 5.57 Å². The van der Waals surface area contributed by atoms with Crippen LogP contribution < -0.4 is 10.6 Å². The lowest BCUT2D eigenvalue weighted by Gasteiger charge is -2.02. The van der Waals surface area contributed by atoms with Crippen LogP contribution in [0.4, 0.5) is 0 Å². The van der Waals surface area contributed by atoms with Crippen LogP contribution >= 0.6 is 0 Å². The molecule has 0 spiro atoms. The SMILES string of the molecule is C=C1N=c2ccccc2=C1C(=O)OCC. The van der Waals surface area contributed by atoms with Gasteiger partial charge in [0.2, 0.25) is 0 Å². The van der Waals surface area contributed by atoms with Crippen LogP contribution in [0, 0.1) is 0 Å². The first-order valence-electron chi connectivity index (χ1n) is 4.78. The Hall–Kier alpha value is -1.90. The maximum absolute atomic E-state index is 11.6. The molecule has 0 aromatic heterocycles. The van der Waals surface area contributed by atoms with E-state index < -0.39 is 0 Å². The number of fused-ring (bicyclic) bond motifs is 1. The molecule has 0 saturated heterocycles. The van der Waals surface area contributed by atoms with E-state index in [0.717, 1.165) is 10.6 Å². The summed E-state index contributed by atoms with van der Waals surface area (Å²) in [6.45, 7) is 5.89. The number of para-hydroxylation sites is 1. The highest BCUT2D eigenvalue weighted by Gasteiger charge is 2.19. The summed E-state index contributed by atoms with van der Waals surface area (Å²) in [5, 5.41) is 1.59. The molecular formula is C12H11NO2. The van der Waals surface area contributed by atoms with Gasteiger partial charge in [-0.05, 0) is 13.0 Å². The number of ether oxygens (including phenoxy) is 1. The number of carbonyl (C=O) groups is 1. The number of nitrogens with zero attached hydrogens (tertiary/aromatic N) is 1. The lowest BCUT2D eigenvalue weighted by atomic mass is 10.1. The van der Waals surface area contributed by atoms with Gasteiger partial charge >= 0.3 is 5.97 Å². The van der Waals surface area contributed by atoms with Crippen molar-refractivity contribution in [2.75, 3.05) is 6.61 Å². The van der Waals surface area contributed by atoms with E-state index in [0.29, 0.717) is 17.9 Å². The molecule has 0 bridgehead atoms. The van der Waals surface area contributed by atoms with Crippen molar-refractivity contribution in [3.05, 3.63) is 47.1 Å². The van der Waals surface area contributed by atoms with Gasteiger partial charge in [0.05, 0.1) is 23.2 Å². The summed E-state index contributed by atoms with van der Waals surface area (Å²) in [4.78, 5) is 15.8. The van der Waals surface area contributed by atoms with E-state index in [1.165, 1.54) is 0 Å². The van der Waals surface area contributed by atoms with Crippen LogP contribution in [0.2, 0.25) is 0 Å². The Labute approximate surface area is 87.4 Å². The lowest BCUT2D eigenvalue weighted by molar-refractivity contribution is -0.136. The van der Waals surface area contributed by atoms with E-state index in [2.05, 4.69) is 11.6 Å². The molecule has 0 N–H and O–H groups in total. The summed E-state index contributed by atoms with van der Waals surface area (Å²) in [6.07, 6.45) is 0. The molecule has 0 radical (unpaired) electrons. The zero-order chi connectivity index (χ0) is 10.8. The van der Waals surface area contributed by atoms with Crippen LogP contribution in [-0.4, -0.2) is 12.6 Å². The fourth-order valence-electron chi connectivity index (χ4n) is 1.57. The summed E-state index contributed by atoms with van der Waals surface area (Å²) in [7, 11) is 0. The maximum atomic E-state index is 11.6. The third-order valence-corrected chi connectivity index (χ3v) is 2.20. The second kappa shape index (κ2) is 3.69. The smallest absolute Gasteiger partial charge is 0.340 e. The van der Waals surface area contributed by atoms with Gasteiger partial charge in [0.1, 0.15) is 0 Å². The lowest BCUT2D eigenvalue weighted by Crippen LogP contribution is -2.25. The minimum Gasteiger partial charge on any atom is -0.462 e. The quantitative estimate of drug-likeness (QED) is 0.655. The van der Waals surface area contributed by atoms with Crippen LogP contribution in [0.3, 0.4) is 0 Å². The zero-order valence-corrected chi connectivity index (χ0v) is 8.49. The summed E-state index contributed by atoms with van der Waals surface area (Å²) in [6, 6.07) is 7.45. The molecule has 1 aromatic rings. The molecule has 15 heavy (non-hydrogen) atoms. The first-order valence-corrected chi connectivity index (χ1v) is 4.78. The van der Waals surface area contributed by atoms with Crippen molar-refractivity contribution in [2.45, 2.75) is 6.92 Å². The number of benzene rings is 1. The van der Waals surface area contributed by atoms with E-state index in [1.54, 1.807) is 6.92 Å². The van der Waals surface area contributed by atoms with Crippen molar-refractivity contribution in [2.24, 2.45) is 4.99 Å². The van der Waals surface area contributed by atoms with E-state index in [1.807, 2.05) is 24.3 Å². The van der Waals surface area contributed by atoms with E-state index >= 15 is 0 Å². The standard InChI is InChI=1S/C12H11NO2/c1-3-15-12(14)11-8(2)13-10-7-5-4-6-9(10)11/h4-7H,2-3H2,1H3. The van der Waals surface area contributed by atoms with Gasteiger partial charge in [0.25, 0.3) is 0 Å². The maximum Gasteiger partial charge on any atom is 0.340 e. The third-order valence-electron chi connectivity index (χ3n) is 2.20. The highest BCUT2D eigenvalue weighted by Crippen LogP contribution is 2.12. The molecule has 0 atom stereocenters. The average Bonchev–Trinajstić information content (AvgIpc) is 2.54. The predicted octanol–water partition coefficient (Wildman–Crippen LogP) is 0.547. The molecular weight excluding hydrogens is 190 g/mol. The fourth-order valence-corrected chi connectivity index (χ4v) is 1.57. The molecule has 1 aliphatic rings. The zero-order valence-electron chi connectivity index (χ0n) is 8.49. The molecule has 1 aliphatic heterocycles. The molecule has 0 amide bonds. The van der Waals surface area contributed by atoms with E-state index in [4.69, 9.17) is 4.74 Å². The first kappa shape index (κ1) is 9.65. The Morgan fingerprint density at radius 3 is 2.93 bits per heavy atom. The average molecular weight is 201 g/mol. The molecule has 76 valence electrons. The van der Waals surface area contributed by atoms with Crippen molar-refractivity contribution < 1.29 is 9.53 Å². The number of esters is 1. The van der Waals surface area contributed by atoms with Crippen LogP contribution in [0.15, 0.2) is 41.5 Å². The van der Waals surface area contributed by atoms with Gasteiger partial charge < -0.3 is 4.74 Å². The van der Waals surface area contributed by atoms with Crippen LogP contribution in [0.5, 0.6) is 0 Å². The van der Waals surface area contributed by atoms with Crippen molar-refractivity contribution in [1.82, 2.24) is 0 Å². The minimum absolute atomic E-state index is 0.351. The molecule has 2 rings (SSSR count). The van der Waals surface area contributed by atoms with Gasteiger partial charge in [0, 0.05) is 5.22 Å². The highest BCUT2D eigenvalue weighted by molar-refractivity contribution is 6.16. The Bertz CT molecular complexity index is 543. The van der Waals surface area contributed by atoms with Crippen molar-refractivity contribution in [1.29, 1.82) is 0 Å². The topological polar surface area (TPSA) is 38.7 Å². The molecule has 3 nitrogen and oxygen atoms in total. The molecule has 1 heterocycles. The highest BCUT2D eigenvalue weighted by atomic mass is 16.5. The number of hydrogen-bond donors (Lipinski definition) is 0. The van der Waals surface area contributed by atoms with Crippen molar-refractivity contribution in [3.8, 4) is 0 Å². The Morgan fingerprint density at radius 2 is 2.20 bits per heavy atom. The van der Waals surface area contributed by atoms with Gasteiger partial charge in [-0.15, -0.1) is 0 Å². The minimum atomic E-state index is -0.351. The molecule has 1 aromatic carbocycles. The normalized spacial score (nSPS) is 13.4. The number of hydrogen-bond acceptors (Lipinski definition) is 3. The van der Waals surface area contributed by atoms with Gasteiger partial charge in [0.15, 0.2) is 0 Å². The predicted molar refractivity (Wildman–Crippen MR) is 56.4 cm³/mol. The number of rotatable bonds is 2. The van der Waals surface area contributed by atoms with Crippen molar-refractivity contribution in [3.63, 3.8) is 0 Å². The van der Waals surface area contributed by atoms with Crippen LogP contribution in [0.1, 0.15) is 6.92 Å². The second-order valence-electron chi connectivity index (χ2n) is 3.17. The van der Waals surface area contributed by atoms with Gasteiger partial charge in [-0.1, -0.05) is 24.8 Å². The number of carbonyl (C=O) groups excluding carboxylic acids is 1. The largest absolute Gasteiger partial charge is 0.462 e. The Kier molecular flexibility index (Phi) is 2.37. The van der Waals surface area contributed by atoms with E-state index in [-0.39, 0.29) is 5.97 Å². The Balaban J connectivity index is 2.63. The molecule has 3 heteroatoms. The summed E-state index contributed by atoms with van der Waals surface area (Å²) in [5.41, 5.74) is 0.960.